The van der Waals surface area contributed by atoms with Crippen molar-refractivity contribution in [2.45, 2.75) is 5.60 Å². The summed E-state index contributed by atoms with van der Waals surface area (Å²) in [7, 11) is 0. The summed E-state index contributed by atoms with van der Waals surface area (Å²) in [6.45, 7) is 0. The van der Waals surface area contributed by atoms with Crippen LogP contribution in [0, 0.1) is 0 Å². The highest BCUT2D eigenvalue weighted by molar-refractivity contribution is 5.97. The van der Waals surface area contributed by atoms with Gasteiger partial charge < -0.3 is 29.9 Å². The van der Waals surface area contributed by atoms with Crippen LogP contribution in [0.1, 0.15) is 27.0 Å². The minimum atomic E-state index is -1.65. The molecule has 134 valence electrons. The molecule has 7 heteroatoms. The molecular formula is C20H12O7. The van der Waals surface area contributed by atoms with Crippen LogP contribution in [0.4, 0.5) is 0 Å². The standard InChI is InChI=1S/C20H12O7/c21-14-13-18(17(24)16(23)15(14)22)26-12-8-4-3-7-11(12)20(13)10-6-2-1-5-9(10)19(25)27-20/h1-8,21-24H. The molecule has 0 bridgehead atoms. The first-order chi connectivity index (χ1) is 13.0. The maximum absolute atomic E-state index is 12.6. The van der Waals surface area contributed by atoms with E-state index in [1.54, 1.807) is 48.5 Å². The number of rotatable bonds is 0. The number of phenolic OH excluding ortho intramolecular Hbond substituents is 4. The number of hydrogen-bond acceptors (Lipinski definition) is 7. The van der Waals surface area contributed by atoms with Crippen LogP contribution in [0.5, 0.6) is 34.5 Å². The van der Waals surface area contributed by atoms with Crippen molar-refractivity contribution >= 4 is 5.97 Å². The highest BCUT2D eigenvalue weighted by atomic mass is 16.6. The smallest absolute Gasteiger partial charge is 0.340 e. The molecule has 0 radical (unpaired) electrons. The maximum atomic E-state index is 12.6. The third kappa shape index (κ3) is 1.68. The van der Waals surface area contributed by atoms with Gasteiger partial charge in [-0.1, -0.05) is 36.4 Å². The monoisotopic (exact) mass is 364 g/mol. The Kier molecular flexibility index (Phi) is 2.77. The molecule has 0 fully saturated rings. The number of carbonyl (C=O) groups excluding carboxylic acids is 1. The molecule has 1 unspecified atom stereocenters. The van der Waals surface area contributed by atoms with E-state index in [9.17, 15) is 25.2 Å². The Morgan fingerprint density at radius 3 is 2.15 bits per heavy atom. The van der Waals surface area contributed by atoms with E-state index >= 15 is 0 Å². The molecule has 2 aliphatic rings. The van der Waals surface area contributed by atoms with Crippen molar-refractivity contribution < 1.29 is 34.7 Å². The number of ether oxygens (including phenoxy) is 2. The zero-order valence-corrected chi connectivity index (χ0v) is 13.6. The van der Waals surface area contributed by atoms with Crippen LogP contribution in [0.25, 0.3) is 0 Å². The zero-order chi connectivity index (χ0) is 18.9. The van der Waals surface area contributed by atoms with Crippen LogP contribution in [0.2, 0.25) is 0 Å². The topological polar surface area (TPSA) is 116 Å². The van der Waals surface area contributed by atoms with Gasteiger partial charge in [0.25, 0.3) is 0 Å². The van der Waals surface area contributed by atoms with Crippen LogP contribution in [0.15, 0.2) is 48.5 Å². The van der Waals surface area contributed by atoms with Crippen molar-refractivity contribution in [3.63, 3.8) is 0 Å². The van der Waals surface area contributed by atoms with E-state index in [0.29, 0.717) is 11.1 Å². The molecule has 0 saturated carbocycles. The molecule has 2 aliphatic heterocycles. The normalized spacial score (nSPS) is 19.0. The molecule has 0 aliphatic carbocycles. The lowest BCUT2D eigenvalue weighted by molar-refractivity contribution is 0.0213. The lowest BCUT2D eigenvalue weighted by Gasteiger charge is -2.37. The Labute approximate surface area is 152 Å². The van der Waals surface area contributed by atoms with Crippen molar-refractivity contribution in [2.75, 3.05) is 0 Å². The number of para-hydroxylation sites is 1. The predicted molar refractivity (Wildman–Crippen MR) is 91.4 cm³/mol. The van der Waals surface area contributed by atoms with E-state index < -0.39 is 34.6 Å². The minimum absolute atomic E-state index is 0.160. The quantitative estimate of drug-likeness (QED) is 0.275. The van der Waals surface area contributed by atoms with E-state index in [4.69, 9.17) is 9.47 Å². The Balaban J connectivity index is 1.99. The van der Waals surface area contributed by atoms with Gasteiger partial charge in [0.15, 0.2) is 17.1 Å². The van der Waals surface area contributed by atoms with Crippen molar-refractivity contribution in [1.82, 2.24) is 0 Å². The maximum Gasteiger partial charge on any atom is 0.340 e. The number of benzene rings is 3. The molecule has 3 aromatic carbocycles. The van der Waals surface area contributed by atoms with Crippen molar-refractivity contribution in [2.24, 2.45) is 0 Å². The van der Waals surface area contributed by atoms with Crippen molar-refractivity contribution in [1.29, 1.82) is 0 Å². The van der Waals surface area contributed by atoms with Gasteiger partial charge in [0.1, 0.15) is 5.75 Å². The van der Waals surface area contributed by atoms with E-state index in [-0.39, 0.29) is 22.6 Å². The summed E-state index contributed by atoms with van der Waals surface area (Å²) in [6.07, 6.45) is 0. The number of carbonyl (C=O) groups is 1. The van der Waals surface area contributed by atoms with Gasteiger partial charge in [-0.15, -0.1) is 0 Å². The average Bonchev–Trinajstić information content (AvgIpc) is 2.98. The summed E-state index contributed by atoms with van der Waals surface area (Å²) in [5, 5.41) is 41.0. The molecule has 27 heavy (non-hydrogen) atoms. The summed E-state index contributed by atoms with van der Waals surface area (Å²) < 4.78 is 11.5. The van der Waals surface area contributed by atoms with Gasteiger partial charge in [0.05, 0.1) is 11.1 Å². The Morgan fingerprint density at radius 2 is 1.37 bits per heavy atom. The molecule has 3 aromatic rings. The number of aromatic hydroxyl groups is 4. The molecule has 0 amide bonds. The van der Waals surface area contributed by atoms with Gasteiger partial charge in [0, 0.05) is 11.1 Å². The van der Waals surface area contributed by atoms with Crippen LogP contribution in [0.3, 0.4) is 0 Å². The fourth-order valence-corrected chi connectivity index (χ4v) is 3.80. The molecule has 0 aromatic heterocycles. The molecule has 1 spiro atoms. The lowest BCUT2D eigenvalue weighted by atomic mass is 9.77. The Hall–Kier alpha value is -3.87. The van der Waals surface area contributed by atoms with Gasteiger partial charge in [-0.05, 0) is 12.1 Å². The summed E-state index contributed by atoms with van der Waals surface area (Å²) in [4.78, 5) is 12.6. The van der Waals surface area contributed by atoms with Gasteiger partial charge in [-0.25, -0.2) is 4.79 Å². The van der Waals surface area contributed by atoms with Crippen molar-refractivity contribution in [3.8, 4) is 34.5 Å². The SMILES string of the molecule is O=C1OC2(c3ccccc3Oc3c(O)c(O)c(O)c(O)c32)c2ccccc21. The van der Waals surface area contributed by atoms with Gasteiger partial charge in [-0.2, -0.15) is 0 Å². The molecule has 5 rings (SSSR count). The first kappa shape index (κ1) is 15.4. The summed E-state index contributed by atoms with van der Waals surface area (Å²) in [5.41, 5.74) is -0.689. The van der Waals surface area contributed by atoms with Gasteiger partial charge >= 0.3 is 5.97 Å². The first-order valence-corrected chi connectivity index (χ1v) is 8.07. The number of fused-ring (bicyclic) bond motifs is 6. The second-order valence-corrected chi connectivity index (χ2v) is 6.31. The molecule has 1 atom stereocenters. The fourth-order valence-electron chi connectivity index (χ4n) is 3.80. The zero-order valence-electron chi connectivity index (χ0n) is 13.6. The summed E-state index contributed by atoms with van der Waals surface area (Å²) in [5.74, 6) is -4.04. The Morgan fingerprint density at radius 1 is 0.741 bits per heavy atom. The van der Waals surface area contributed by atoms with E-state index in [1.807, 2.05) is 0 Å². The number of esters is 1. The summed E-state index contributed by atoms with van der Waals surface area (Å²) >= 11 is 0. The highest BCUT2D eigenvalue weighted by Gasteiger charge is 2.56. The van der Waals surface area contributed by atoms with Crippen LogP contribution < -0.4 is 4.74 Å². The average molecular weight is 364 g/mol. The number of phenols is 4. The highest BCUT2D eigenvalue weighted by Crippen LogP contribution is 2.64. The second-order valence-electron chi connectivity index (χ2n) is 6.31. The van der Waals surface area contributed by atoms with E-state index in [1.165, 1.54) is 0 Å². The largest absolute Gasteiger partial charge is 0.504 e. The Bertz CT molecular complexity index is 1150. The lowest BCUT2D eigenvalue weighted by Crippen LogP contribution is -2.33. The molecule has 4 N–H and O–H groups in total. The first-order valence-electron chi connectivity index (χ1n) is 8.07. The predicted octanol–water partition coefficient (Wildman–Crippen LogP) is 3.08. The van der Waals surface area contributed by atoms with Gasteiger partial charge in [0.2, 0.25) is 17.2 Å². The van der Waals surface area contributed by atoms with Crippen LogP contribution >= 0.6 is 0 Å². The minimum Gasteiger partial charge on any atom is -0.504 e. The van der Waals surface area contributed by atoms with E-state index in [2.05, 4.69) is 0 Å². The molecule has 2 heterocycles. The molecular weight excluding hydrogens is 352 g/mol. The second kappa shape index (κ2) is 4.85. The van der Waals surface area contributed by atoms with Crippen LogP contribution in [-0.2, 0) is 10.3 Å². The third-order valence-corrected chi connectivity index (χ3v) is 4.95. The molecule has 7 nitrogen and oxygen atoms in total. The van der Waals surface area contributed by atoms with Gasteiger partial charge in [-0.3, -0.25) is 0 Å². The van der Waals surface area contributed by atoms with Crippen molar-refractivity contribution in [3.05, 3.63) is 70.8 Å². The molecule has 0 saturated heterocycles. The third-order valence-electron chi connectivity index (χ3n) is 4.95. The fraction of sp³-hybridized carbons (Fsp3) is 0.0500. The van der Waals surface area contributed by atoms with E-state index in [0.717, 1.165) is 0 Å². The summed E-state index contributed by atoms with van der Waals surface area (Å²) in [6, 6.07) is 13.3. The van der Waals surface area contributed by atoms with Crippen LogP contribution in [-0.4, -0.2) is 26.4 Å². The number of hydrogen-bond donors (Lipinski definition) is 4.